The second kappa shape index (κ2) is 6.39. The number of nitrogens with zero attached hydrogens (tertiary/aromatic N) is 1. The number of hydrogen-bond donors (Lipinski definition) is 1. The minimum Gasteiger partial charge on any atom is -0.489 e. The molecule has 0 aliphatic rings. The molecule has 0 saturated carbocycles. The average molecular weight is 267 g/mol. The number of rotatable bonds is 5. The fraction of sp³-hybridized carbons (Fsp3) is 0.125. The number of carboxylic acids is 1. The van der Waals surface area contributed by atoms with E-state index in [0.717, 1.165) is 11.1 Å². The Labute approximate surface area is 116 Å². The monoisotopic (exact) mass is 267 g/mol. The van der Waals surface area contributed by atoms with Crippen LogP contribution in [0.5, 0.6) is 5.75 Å². The summed E-state index contributed by atoms with van der Waals surface area (Å²) in [7, 11) is 0. The number of carboxylic acid groups (broad SMARTS) is 1. The number of carbonyl (C=O) groups is 1. The van der Waals surface area contributed by atoms with Crippen LogP contribution in [0.15, 0.2) is 48.5 Å². The summed E-state index contributed by atoms with van der Waals surface area (Å²) in [6, 6.07) is 16.0. The third kappa shape index (κ3) is 3.36. The minimum atomic E-state index is -0.961. The molecular formula is C16H13NO3. The van der Waals surface area contributed by atoms with E-state index in [2.05, 4.69) is 6.07 Å². The van der Waals surface area contributed by atoms with Crippen LogP contribution in [0.1, 0.15) is 21.5 Å². The fourth-order valence-corrected chi connectivity index (χ4v) is 1.83. The number of ether oxygens (including phenoxy) is 1. The summed E-state index contributed by atoms with van der Waals surface area (Å²) >= 11 is 0. The van der Waals surface area contributed by atoms with Gasteiger partial charge in [-0.2, -0.15) is 5.26 Å². The van der Waals surface area contributed by atoms with Crippen molar-refractivity contribution in [3.05, 3.63) is 65.2 Å². The van der Waals surface area contributed by atoms with Gasteiger partial charge in [-0.05, 0) is 23.8 Å². The van der Waals surface area contributed by atoms with Crippen LogP contribution < -0.4 is 4.74 Å². The van der Waals surface area contributed by atoms with Crippen LogP contribution >= 0.6 is 0 Å². The van der Waals surface area contributed by atoms with Gasteiger partial charge in [0.05, 0.1) is 18.1 Å². The Balaban J connectivity index is 2.11. The zero-order valence-corrected chi connectivity index (χ0v) is 10.7. The number of para-hydroxylation sites is 1. The van der Waals surface area contributed by atoms with Crippen LogP contribution in [0.25, 0.3) is 0 Å². The third-order valence-electron chi connectivity index (χ3n) is 2.81. The summed E-state index contributed by atoms with van der Waals surface area (Å²) in [5, 5.41) is 17.7. The van der Waals surface area contributed by atoms with Crippen molar-refractivity contribution in [3.63, 3.8) is 0 Å². The lowest BCUT2D eigenvalue weighted by atomic mass is 10.1. The first kappa shape index (κ1) is 13.6. The van der Waals surface area contributed by atoms with Gasteiger partial charge in [-0.25, -0.2) is 4.79 Å². The molecule has 0 amide bonds. The molecule has 4 nitrogen and oxygen atoms in total. The first-order chi connectivity index (χ1) is 9.70. The molecule has 4 heteroatoms. The van der Waals surface area contributed by atoms with Gasteiger partial charge in [0.25, 0.3) is 0 Å². The first-order valence-corrected chi connectivity index (χ1v) is 6.10. The van der Waals surface area contributed by atoms with Crippen molar-refractivity contribution in [2.75, 3.05) is 0 Å². The fourth-order valence-electron chi connectivity index (χ4n) is 1.83. The maximum atomic E-state index is 10.9. The Bertz CT molecular complexity index is 659. The standard InChI is InChI=1S/C16H13NO3/c17-9-8-13-5-1-2-7-15(13)20-11-12-4-3-6-14(10-12)16(18)19/h1-7,10H,8,11H2,(H,18,19). The Hall–Kier alpha value is -2.80. The van der Waals surface area contributed by atoms with Gasteiger partial charge in [-0.3, -0.25) is 0 Å². The molecule has 1 N–H and O–H groups in total. The lowest BCUT2D eigenvalue weighted by molar-refractivity contribution is 0.0696. The van der Waals surface area contributed by atoms with Gasteiger partial charge in [0, 0.05) is 5.56 Å². The molecule has 20 heavy (non-hydrogen) atoms. The number of aromatic carboxylic acids is 1. The van der Waals surface area contributed by atoms with Crippen molar-refractivity contribution in [2.24, 2.45) is 0 Å². The van der Waals surface area contributed by atoms with Crippen molar-refractivity contribution in [2.45, 2.75) is 13.0 Å². The summed E-state index contributed by atoms with van der Waals surface area (Å²) in [4.78, 5) is 10.9. The number of benzene rings is 2. The number of nitriles is 1. The van der Waals surface area contributed by atoms with E-state index >= 15 is 0 Å². The van der Waals surface area contributed by atoms with Gasteiger partial charge in [0.1, 0.15) is 12.4 Å². The van der Waals surface area contributed by atoms with Gasteiger partial charge < -0.3 is 9.84 Å². The molecule has 0 fully saturated rings. The molecule has 0 aliphatic carbocycles. The molecule has 0 radical (unpaired) electrons. The molecule has 0 saturated heterocycles. The topological polar surface area (TPSA) is 70.3 Å². The minimum absolute atomic E-state index is 0.233. The Morgan fingerprint density at radius 3 is 2.75 bits per heavy atom. The lowest BCUT2D eigenvalue weighted by Gasteiger charge is -2.10. The molecule has 0 unspecified atom stereocenters. The van der Waals surface area contributed by atoms with Crippen LogP contribution in [-0.2, 0) is 13.0 Å². The predicted octanol–water partition coefficient (Wildman–Crippen LogP) is 3.03. The van der Waals surface area contributed by atoms with E-state index in [1.807, 2.05) is 18.2 Å². The van der Waals surface area contributed by atoms with Crippen molar-refractivity contribution >= 4 is 5.97 Å². The highest BCUT2D eigenvalue weighted by atomic mass is 16.5. The van der Waals surface area contributed by atoms with Crippen molar-refractivity contribution < 1.29 is 14.6 Å². The third-order valence-corrected chi connectivity index (χ3v) is 2.81. The van der Waals surface area contributed by atoms with E-state index in [1.165, 1.54) is 6.07 Å². The van der Waals surface area contributed by atoms with E-state index < -0.39 is 5.97 Å². The molecule has 0 aromatic heterocycles. The average Bonchev–Trinajstić information content (AvgIpc) is 2.47. The second-order valence-corrected chi connectivity index (χ2v) is 4.24. The lowest BCUT2D eigenvalue weighted by Crippen LogP contribution is -2.01. The van der Waals surface area contributed by atoms with E-state index in [-0.39, 0.29) is 18.6 Å². The molecule has 0 spiro atoms. The van der Waals surface area contributed by atoms with Crippen molar-refractivity contribution in [3.8, 4) is 11.8 Å². The van der Waals surface area contributed by atoms with Crippen LogP contribution in [0.4, 0.5) is 0 Å². The highest BCUT2D eigenvalue weighted by Gasteiger charge is 2.05. The van der Waals surface area contributed by atoms with Crippen LogP contribution in [0.3, 0.4) is 0 Å². The summed E-state index contributed by atoms with van der Waals surface area (Å²) < 4.78 is 5.67. The normalized spacial score (nSPS) is 9.75. The van der Waals surface area contributed by atoms with Gasteiger partial charge in [0.15, 0.2) is 0 Å². The molecule has 2 rings (SSSR count). The largest absolute Gasteiger partial charge is 0.489 e. The van der Waals surface area contributed by atoms with Crippen molar-refractivity contribution in [1.29, 1.82) is 5.26 Å². The van der Waals surface area contributed by atoms with Crippen molar-refractivity contribution in [1.82, 2.24) is 0 Å². The maximum Gasteiger partial charge on any atom is 0.335 e. The molecule has 2 aromatic rings. The quantitative estimate of drug-likeness (QED) is 0.903. The van der Waals surface area contributed by atoms with Crippen LogP contribution in [-0.4, -0.2) is 11.1 Å². The summed E-state index contributed by atoms with van der Waals surface area (Å²) in [6.07, 6.45) is 0.283. The number of hydrogen-bond acceptors (Lipinski definition) is 3. The van der Waals surface area contributed by atoms with E-state index in [9.17, 15) is 4.79 Å². The van der Waals surface area contributed by atoms with Crippen LogP contribution in [0.2, 0.25) is 0 Å². The molecule has 0 aliphatic heterocycles. The molecular weight excluding hydrogens is 254 g/mol. The van der Waals surface area contributed by atoms with Gasteiger partial charge >= 0.3 is 5.97 Å². The molecule has 0 heterocycles. The molecule has 2 aromatic carbocycles. The first-order valence-electron chi connectivity index (χ1n) is 6.10. The maximum absolute atomic E-state index is 10.9. The molecule has 0 bridgehead atoms. The highest BCUT2D eigenvalue weighted by Crippen LogP contribution is 2.20. The Morgan fingerprint density at radius 1 is 1.20 bits per heavy atom. The van der Waals surface area contributed by atoms with E-state index in [4.69, 9.17) is 15.1 Å². The Morgan fingerprint density at radius 2 is 2.00 bits per heavy atom. The Kier molecular flexibility index (Phi) is 4.35. The SMILES string of the molecule is N#CCc1ccccc1OCc1cccc(C(=O)O)c1. The van der Waals surface area contributed by atoms with E-state index in [1.54, 1.807) is 24.3 Å². The highest BCUT2D eigenvalue weighted by molar-refractivity contribution is 5.87. The van der Waals surface area contributed by atoms with Gasteiger partial charge in [-0.1, -0.05) is 30.3 Å². The van der Waals surface area contributed by atoms with E-state index in [0.29, 0.717) is 5.75 Å². The zero-order valence-electron chi connectivity index (χ0n) is 10.7. The summed E-state index contributed by atoms with van der Waals surface area (Å²) in [5.74, 6) is -0.313. The van der Waals surface area contributed by atoms with Crippen LogP contribution in [0, 0.1) is 11.3 Å². The molecule has 100 valence electrons. The molecule has 0 atom stereocenters. The predicted molar refractivity (Wildman–Crippen MR) is 73.5 cm³/mol. The summed E-state index contributed by atoms with van der Waals surface area (Å²) in [6.45, 7) is 0.267. The van der Waals surface area contributed by atoms with Gasteiger partial charge in [0.2, 0.25) is 0 Å². The second-order valence-electron chi connectivity index (χ2n) is 4.24. The zero-order chi connectivity index (χ0) is 14.4. The van der Waals surface area contributed by atoms with Gasteiger partial charge in [-0.15, -0.1) is 0 Å². The summed E-state index contributed by atoms with van der Waals surface area (Å²) in [5.41, 5.74) is 1.83. The smallest absolute Gasteiger partial charge is 0.335 e.